The van der Waals surface area contributed by atoms with Gasteiger partial charge in [0.1, 0.15) is 17.1 Å². The van der Waals surface area contributed by atoms with Crippen molar-refractivity contribution >= 4 is 27.8 Å². The average Bonchev–Trinajstić information content (AvgIpc) is 3.28. The van der Waals surface area contributed by atoms with Crippen molar-refractivity contribution in [1.82, 2.24) is 4.98 Å². The average molecular weight is 443 g/mol. The number of rotatable bonds is 2. The number of aryl methyl sites for hydroxylation is 2. The highest BCUT2D eigenvalue weighted by molar-refractivity contribution is 5.95. The van der Waals surface area contributed by atoms with E-state index >= 15 is 0 Å². The summed E-state index contributed by atoms with van der Waals surface area (Å²) in [5, 5.41) is 1.53. The Morgan fingerprint density at radius 2 is 1.88 bits per heavy atom. The third-order valence-corrected chi connectivity index (χ3v) is 6.85. The maximum atomic E-state index is 13.1. The lowest BCUT2D eigenvalue weighted by Crippen LogP contribution is -2.27. The van der Waals surface area contributed by atoms with Gasteiger partial charge in [-0.2, -0.15) is 0 Å². The second kappa shape index (κ2) is 7.07. The lowest BCUT2D eigenvalue weighted by atomic mass is 9.82. The highest BCUT2D eigenvalue weighted by Crippen LogP contribution is 2.46. The molecule has 0 saturated carbocycles. The highest BCUT2D eigenvalue weighted by Gasteiger charge is 2.35. The third-order valence-electron chi connectivity index (χ3n) is 6.85. The predicted molar refractivity (Wildman–Crippen MR) is 122 cm³/mol. The number of ether oxygens (including phenoxy) is 2. The van der Waals surface area contributed by atoms with Crippen molar-refractivity contribution in [3.8, 4) is 11.5 Å². The Hall–Kier alpha value is -3.87. The van der Waals surface area contributed by atoms with Gasteiger partial charge in [-0.25, -0.2) is 4.79 Å². The van der Waals surface area contributed by atoms with Crippen LogP contribution in [0, 0.1) is 6.92 Å². The fraction of sp³-hybridized carbons (Fsp3) is 0.269. The molecule has 1 aliphatic heterocycles. The van der Waals surface area contributed by atoms with Crippen LogP contribution in [0.15, 0.2) is 44.3 Å². The Balaban J connectivity index is 1.63. The van der Waals surface area contributed by atoms with Crippen molar-refractivity contribution in [2.75, 3.05) is 7.11 Å². The molecule has 7 nitrogen and oxygen atoms in total. The zero-order chi connectivity index (χ0) is 22.9. The molecule has 2 aromatic carbocycles. The van der Waals surface area contributed by atoms with Gasteiger partial charge >= 0.3 is 11.6 Å². The molecule has 33 heavy (non-hydrogen) atoms. The van der Waals surface area contributed by atoms with Gasteiger partial charge in [0.15, 0.2) is 0 Å². The quantitative estimate of drug-likeness (QED) is 0.287. The Morgan fingerprint density at radius 3 is 2.70 bits per heavy atom. The molecule has 0 radical (unpaired) electrons. The molecule has 0 saturated heterocycles. The molecule has 2 aromatic heterocycles. The topological polar surface area (TPSA) is 98.6 Å². The Bertz CT molecular complexity index is 1610. The molecule has 0 bridgehead atoms. The van der Waals surface area contributed by atoms with Crippen molar-refractivity contribution in [3.05, 3.63) is 78.9 Å². The maximum absolute atomic E-state index is 13.1. The zero-order valence-corrected chi connectivity index (χ0v) is 18.2. The summed E-state index contributed by atoms with van der Waals surface area (Å²) in [6.07, 6.45) is 2.30. The van der Waals surface area contributed by atoms with Crippen LogP contribution in [-0.2, 0) is 17.6 Å². The number of H-pyrrole nitrogens is 1. The van der Waals surface area contributed by atoms with Gasteiger partial charge in [-0.15, -0.1) is 0 Å². The molecule has 3 heterocycles. The molecule has 1 aliphatic carbocycles. The first-order chi connectivity index (χ1) is 15.9. The number of pyridine rings is 1. The minimum absolute atomic E-state index is 0.0586. The summed E-state index contributed by atoms with van der Waals surface area (Å²) in [6.45, 7) is 1.89. The Labute approximate surface area is 187 Å². The van der Waals surface area contributed by atoms with E-state index < -0.39 is 11.9 Å². The number of benzene rings is 2. The minimum atomic E-state index is -0.468. The maximum Gasteiger partial charge on any atom is 0.339 e. The lowest BCUT2D eigenvalue weighted by Gasteiger charge is -2.28. The van der Waals surface area contributed by atoms with Gasteiger partial charge in [-0.3, -0.25) is 9.59 Å². The first-order valence-corrected chi connectivity index (χ1v) is 11.0. The first kappa shape index (κ1) is 19.8. The second-order valence-electron chi connectivity index (χ2n) is 8.75. The van der Waals surface area contributed by atoms with E-state index in [1.807, 2.05) is 31.2 Å². The number of carbonyl (C=O) groups is 1. The normalized spacial score (nSPS) is 17.2. The molecule has 7 heteroatoms. The minimum Gasteiger partial charge on any atom is -0.497 e. The summed E-state index contributed by atoms with van der Waals surface area (Å²) >= 11 is 0. The molecule has 0 fully saturated rings. The number of methoxy groups -OCH3 is 1. The number of nitrogens with one attached hydrogen (secondary N) is 1. The summed E-state index contributed by atoms with van der Waals surface area (Å²) in [6, 6.07) is 9.13. The van der Waals surface area contributed by atoms with Crippen LogP contribution in [0.4, 0.5) is 0 Å². The smallest absolute Gasteiger partial charge is 0.339 e. The van der Waals surface area contributed by atoms with E-state index in [-0.39, 0.29) is 17.6 Å². The number of aromatic amines is 1. The molecule has 4 aromatic rings. The summed E-state index contributed by atoms with van der Waals surface area (Å²) in [4.78, 5) is 41.3. The number of carbonyl (C=O) groups excluding carboxylic acids is 1. The van der Waals surface area contributed by atoms with E-state index in [9.17, 15) is 14.4 Å². The van der Waals surface area contributed by atoms with Crippen LogP contribution in [0.25, 0.3) is 21.9 Å². The number of hydrogen-bond acceptors (Lipinski definition) is 6. The zero-order valence-electron chi connectivity index (χ0n) is 18.2. The summed E-state index contributed by atoms with van der Waals surface area (Å²) in [5.41, 5.74) is 4.16. The van der Waals surface area contributed by atoms with Crippen LogP contribution in [0.3, 0.4) is 0 Å². The van der Waals surface area contributed by atoms with Crippen LogP contribution in [0.5, 0.6) is 11.5 Å². The molecular formula is C26H21NO6. The SMILES string of the molecule is COc1ccc2cc([C@@H]3CC(=O)Oc4c3c(C)cc3oc(=O)c5c(c43)CCC5)c(=O)[nH]c2c1. The largest absolute Gasteiger partial charge is 0.497 e. The van der Waals surface area contributed by atoms with Crippen molar-refractivity contribution in [2.45, 2.75) is 38.5 Å². The molecule has 0 amide bonds. The van der Waals surface area contributed by atoms with E-state index in [1.54, 1.807) is 13.2 Å². The molecule has 2 aliphatic rings. The van der Waals surface area contributed by atoms with Gasteiger partial charge < -0.3 is 18.9 Å². The number of esters is 1. The molecule has 166 valence electrons. The molecule has 1 N–H and O–H groups in total. The monoisotopic (exact) mass is 443 g/mol. The van der Waals surface area contributed by atoms with Crippen molar-refractivity contribution in [1.29, 1.82) is 0 Å². The molecule has 6 rings (SSSR count). The Kier molecular flexibility index (Phi) is 4.24. The molecule has 1 atom stereocenters. The van der Waals surface area contributed by atoms with Crippen LogP contribution in [0.1, 0.15) is 46.6 Å². The fourth-order valence-electron chi connectivity index (χ4n) is 5.36. The highest BCUT2D eigenvalue weighted by atomic mass is 16.5. The van der Waals surface area contributed by atoms with E-state index in [2.05, 4.69) is 4.98 Å². The van der Waals surface area contributed by atoms with Gasteiger partial charge in [0.05, 0.1) is 24.4 Å². The van der Waals surface area contributed by atoms with E-state index in [1.165, 1.54) is 0 Å². The number of hydrogen-bond donors (Lipinski definition) is 1. The van der Waals surface area contributed by atoms with Crippen LogP contribution >= 0.6 is 0 Å². The third kappa shape index (κ3) is 2.92. The lowest BCUT2D eigenvalue weighted by molar-refractivity contribution is -0.135. The van der Waals surface area contributed by atoms with Crippen molar-refractivity contribution in [2.24, 2.45) is 0 Å². The van der Waals surface area contributed by atoms with Gasteiger partial charge in [-0.05, 0) is 67.0 Å². The van der Waals surface area contributed by atoms with E-state index in [4.69, 9.17) is 13.9 Å². The van der Waals surface area contributed by atoms with Crippen LogP contribution in [0.2, 0.25) is 0 Å². The first-order valence-electron chi connectivity index (χ1n) is 11.0. The van der Waals surface area contributed by atoms with E-state index in [0.717, 1.165) is 34.9 Å². The standard InChI is InChI=1S/C26H21NO6/c1-12-8-20-23(15-4-3-5-16(15)26(30)32-20)24-22(12)17(11-21(28)33-24)18-9-13-6-7-14(31-2)10-19(13)27-25(18)29/h6-10,17H,3-5,11H2,1-2H3,(H,27,29)/t17-/m0/s1. The van der Waals surface area contributed by atoms with Gasteiger partial charge in [0, 0.05) is 28.7 Å². The van der Waals surface area contributed by atoms with Crippen LogP contribution < -0.4 is 20.7 Å². The summed E-state index contributed by atoms with van der Waals surface area (Å²) in [5.74, 6) is 0.189. The van der Waals surface area contributed by atoms with Gasteiger partial charge in [-0.1, -0.05) is 0 Å². The van der Waals surface area contributed by atoms with Crippen molar-refractivity contribution < 1.29 is 18.7 Å². The predicted octanol–water partition coefficient (Wildman–Crippen LogP) is 3.88. The molecule has 0 unspecified atom stereocenters. The second-order valence-corrected chi connectivity index (χ2v) is 8.75. The summed E-state index contributed by atoms with van der Waals surface area (Å²) < 4.78 is 16.6. The molecular weight excluding hydrogens is 422 g/mol. The number of aromatic nitrogens is 1. The van der Waals surface area contributed by atoms with Crippen molar-refractivity contribution in [3.63, 3.8) is 0 Å². The number of fused-ring (bicyclic) bond motifs is 6. The fourth-order valence-corrected chi connectivity index (χ4v) is 5.36. The van der Waals surface area contributed by atoms with Gasteiger partial charge in [0.2, 0.25) is 0 Å². The van der Waals surface area contributed by atoms with E-state index in [0.29, 0.717) is 45.5 Å². The summed E-state index contributed by atoms with van der Waals surface area (Å²) in [7, 11) is 1.57. The van der Waals surface area contributed by atoms with Gasteiger partial charge in [0.25, 0.3) is 5.56 Å². The molecule has 0 spiro atoms. The van der Waals surface area contributed by atoms with Crippen LogP contribution in [-0.4, -0.2) is 18.1 Å². The Morgan fingerprint density at radius 1 is 1.06 bits per heavy atom.